The summed E-state index contributed by atoms with van der Waals surface area (Å²) < 4.78 is 7.38. The molecule has 2 aromatic heterocycles. The molecule has 7 heteroatoms. The fourth-order valence-corrected chi connectivity index (χ4v) is 1.57. The summed E-state index contributed by atoms with van der Waals surface area (Å²) in [5, 5.41) is 3.77. The molecule has 0 spiro atoms. The summed E-state index contributed by atoms with van der Waals surface area (Å²) >= 11 is 0. The molecule has 0 aliphatic carbocycles. The van der Waals surface area contributed by atoms with Crippen molar-refractivity contribution in [2.45, 2.75) is 26.3 Å². The third kappa shape index (κ3) is 2.39. The van der Waals surface area contributed by atoms with Crippen molar-refractivity contribution in [2.24, 2.45) is 7.05 Å². The van der Waals surface area contributed by atoms with Gasteiger partial charge in [0, 0.05) is 25.7 Å². The molecule has 0 saturated heterocycles. The van der Waals surface area contributed by atoms with Crippen molar-refractivity contribution < 1.29 is 4.52 Å². The highest BCUT2D eigenvalue weighted by molar-refractivity contribution is 4.91. The maximum Gasteiger partial charge on any atom is 0.331 e. The van der Waals surface area contributed by atoms with Gasteiger partial charge in [0.25, 0.3) is 5.56 Å². The van der Waals surface area contributed by atoms with Gasteiger partial charge in [0.1, 0.15) is 6.54 Å². The zero-order valence-electron chi connectivity index (χ0n) is 10.3. The van der Waals surface area contributed by atoms with Crippen LogP contribution in [0, 0.1) is 0 Å². The minimum atomic E-state index is -0.405. The van der Waals surface area contributed by atoms with E-state index in [4.69, 9.17) is 4.52 Å². The maximum absolute atomic E-state index is 11.8. The second kappa shape index (κ2) is 4.99. The number of hydrogen-bond donors (Lipinski definition) is 0. The van der Waals surface area contributed by atoms with Gasteiger partial charge in [-0.1, -0.05) is 12.1 Å². The maximum atomic E-state index is 11.8. The van der Waals surface area contributed by atoms with Crippen LogP contribution in [-0.4, -0.2) is 19.3 Å². The van der Waals surface area contributed by atoms with Gasteiger partial charge in [-0.15, -0.1) is 0 Å². The molecule has 7 nitrogen and oxygen atoms in total. The molecule has 0 radical (unpaired) electrons. The van der Waals surface area contributed by atoms with Crippen molar-refractivity contribution in [3.8, 4) is 0 Å². The highest BCUT2D eigenvalue weighted by Crippen LogP contribution is 2.00. The predicted octanol–water partition coefficient (Wildman–Crippen LogP) is -0.0692. The Morgan fingerprint density at radius 3 is 2.89 bits per heavy atom. The van der Waals surface area contributed by atoms with E-state index in [9.17, 15) is 9.59 Å². The summed E-state index contributed by atoms with van der Waals surface area (Å²) in [6.07, 6.45) is 3.05. The Labute approximate surface area is 103 Å². The van der Waals surface area contributed by atoms with Crippen LogP contribution in [0.2, 0.25) is 0 Å². The van der Waals surface area contributed by atoms with E-state index in [1.807, 2.05) is 6.92 Å². The van der Waals surface area contributed by atoms with Crippen molar-refractivity contribution in [1.82, 2.24) is 19.3 Å². The van der Waals surface area contributed by atoms with E-state index in [2.05, 4.69) is 10.1 Å². The molecule has 0 aromatic carbocycles. The molecule has 0 unspecified atom stereocenters. The van der Waals surface area contributed by atoms with Crippen LogP contribution in [0.3, 0.4) is 0 Å². The van der Waals surface area contributed by atoms with Crippen molar-refractivity contribution in [3.05, 3.63) is 44.8 Å². The first-order valence-electron chi connectivity index (χ1n) is 5.69. The van der Waals surface area contributed by atoms with Gasteiger partial charge >= 0.3 is 5.69 Å². The van der Waals surface area contributed by atoms with E-state index in [1.54, 1.807) is 7.05 Å². The van der Waals surface area contributed by atoms with Crippen LogP contribution in [0.4, 0.5) is 0 Å². The summed E-state index contributed by atoms with van der Waals surface area (Å²) in [4.78, 5) is 27.5. The number of nitrogens with zero attached hydrogens (tertiary/aromatic N) is 4. The second-order valence-corrected chi connectivity index (χ2v) is 3.99. The Morgan fingerprint density at radius 1 is 1.39 bits per heavy atom. The van der Waals surface area contributed by atoms with E-state index >= 15 is 0 Å². The SMILES string of the molecule is CCCc1noc(Cn2c(=O)ccn(C)c2=O)n1. The molecule has 2 heterocycles. The second-order valence-electron chi connectivity index (χ2n) is 3.99. The van der Waals surface area contributed by atoms with Crippen LogP contribution < -0.4 is 11.2 Å². The van der Waals surface area contributed by atoms with Gasteiger partial charge in [-0.25, -0.2) is 4.79 Å². The zero-order chi connectivity index (χ0) is 13.1. The van der Waals surface area contributed by atoms with Crippen molar-refractivity contribution in [2.75, 3.05) is 0 Å². The largest absolute Gasteiger partial charge is 0.337 e. The van der Waals surface area contributed by atoms with Crippen LogP contribution in [0.5, 0.6) is 0 Å². The molecule has 0 bridgehead atoms. The van der Waals surface area contributed by atoms with Gasteiger partial charge in [0.15, 0.2) is 5.82 Å². The number of hydrogen-bond acceptors (Lipinski definition) is 5. The molecule has 0 amide bonds. The Morgan fingerprint density at radius 2 is 2.17 bits per heavy atom. The minimum Gasteiger partial charge on any atom is -0.337 e. The van der Waals surface area contributed by atoms with E-state index in [-0.39, 0.29) is 18.0 Å². The van der Waals surface area contributed by atoms with E-state index in [1.165, 1.54) is 16.8 Å². The topological polar surface area (TPSA) is 82.9 Å². The summed E-state index contributed by atoms with van der Waals surface area (Å²) in [6, 6.07) is 1.32. The van der Waals surface area contributed by atoms with Gasteiger partial charge in [-0.2, -0.15) is 4.98 Å². The predicted molar refractivity (Wildman–Crippen MR) is 63.3 cm³/mol. The summed E-state index contributed by atoms with van der Waals surface area (Å²) in [7, 11) is 1.58. The van der Waals surface area contributed by atoms with Gasteiger partial charge in [0.2, 0.25) is 5.89 Å². The Balaban J connectivity index is 2.31. The minimum absolute atomic E-state index is 0.00304. The highest BCUT2D eigenvalue weighted by atomic mass is 16.5. The van der Waals surface area contributed by atoms with Gasteiger partial charge in [0.05, 0.1) is 0 Å². The molecular weight excluding hydrogens is 236 g/mol. The molecule has 0 fully saturated rings. The molecule has 0 atom stereocenters. The van der Waals surface area contributed by atoms with Gasteiger partial charge in [-0.3, -0.25) is 9.36 Å². The first-order chi connectivity index (χ1) is 8.61. The van der Waals surface area contributed by atoms with Crippen molar-refractivity contribution in [1.29, 1.82) is 0 Å². The molecule has 0 N–H and O–H groups in total. The van der Waals surface area contributed by atoms with Gasteiger partial charge < -0.3 is 9.09 Å². The van der Waals surface area contributed by atoms with Crippen LogP contribution in [-0.2, 0) is 20.0 Å². The number of aromatic nitrogens is 4. The number of rotatable bonds is 4. The molecular formula is C11H14N4O3. The van der Waals surface area contributed by atoms with Crippen LogP contribution >= 0.6 is 0 Å². The summed E-state index contributed by atoms with van der Waals surface area (Å²) in [5.74, 6) is 0.858. The molecule has 18 heavy (non-hydrogen) atoms. The lowest BCUT2D eigenvalue weighted by molar-refractivity contribution is 0.361. The lowest BCUT2D eigenvalue weighted by Gasteiger charge is -2.02. The molecule has 0 aliphatic heterocycles. The third-order valence-corrected chi connectivity index (χ3v) is 2.52. The van der Waals surface area contributed by atoms with Crippen molar-refractivity contribution in [3.63, 3.8) is 0 Å². The Hall–Kier alpha value is -2.18. The first-order valence-corrected chi connectivity index (χ1v) is 5.69. The standard InChI is InChI=1S/C11H14N4O3/c1-3-4-8-12-9(18-13-8)7-15-10(16)5-6-14(2)11(15)17/h5-6H,3-4,7H2,1-2H3. The third-order valence-electron chi connectivity index (χ3n) is 2.52. The quantitative estimate of drug-likeness (QED) is 0.758. The van der Waals surface area contributed by atoms with Crippen LogP contribution in [0.15, 0.2) is 26.4 Å². The molecule has 2 aromatic rings. The molecule has 2 rings (SSSR count). The summed E-state index contributed by atoms with van der Waals surface area (Å²) in [5.41, 5.74) is -0.786. The monoisotopic (exact) mass is 250 g/mol. The lowest BCUT2D eigenvalue weighted by Crippen LogP contribution is -2.38. The first kappa shape index (κ1) is 12.3. The van der Waals surface area contributed by atoms with Crippen LogP contribution in [0.1, 0.15) is 25.1 Å². The van der Waals surface area contributed by atoms with Crippen molar-refractivity contribution >= 4 is 0 Å². The van der Waals surface area contributed by atoms with Gasteiger partial charge in [-0.05, 0) is 6.42 Å². The average molecular weight is 250 g/mol. The normalized spacial score (nSPS) is 10.8. The Bertz CT molecular complexity index is 653. The molecule has 96 valence electrons. The van der Waals surface area contributed by atoms with E-state index in [0.29, 0.717) is 12.2 Å². The average Bonchev–Trinajstić information content (AvgIpc) is 2.78. The van der Waals surface area contributed by atoms with Crippen LogP contribution in [0.25, 0.3) is 0 Å². The Kier molecular flexibility index (Phi) is 3.40. The van der Waals surface area contributed by atoms with E-state index in [0.717, 1.165) is 11.0 Å². The zero-order valence-corrected chi connectivity index (χ0v) is 10.3. The molecule has 0 aliphatic rings. The fraction of sp³-hybridized carbons (Fsp3) is 0.455. The smallest absolute Gasteiger partial charge is 0.331 e. The fourth-order valence-electron chi connectivity index (χ4n) is 1.57. The lowest BCUT2D eigenvalue weighted by atomic mass is 10.3. The summed E-state index contributed by atoms with van der Waals surface area (Å²) in [6.45, 7) is 2.01. The number of aryl methyl sites for hydroxylation is 2. The highest BCUT2D eigenvalue weighted by Gasteiger charge is 2.10. The molecule has 0 saturated carbocycles. The van der Waals surface area contributed by atoms with E-state index < -0.39 is 5.69 Å².